The standard InChI is InChI=1S/C13H28O3/c1-11(2)9-15-12(3)10-14-7-8-16-13(4,5)6/h11-12H,7-10H2,1-6H3. The third kappa shape index (κ3) is 12.0. The first kappa shape index (κ1) is 15.9. The summed E-state index contributed by atoms with van der Waals surface area (Å²) in [4.78, 5) is 0. The van der Waals surface area contributed by atoms with E-state index in [1.54, 1.807) is 0 Å². The zero-order chi connectivity index (χ0) is 12.6. The maximum atomic E-state index is 5.59. The van der Waals surface area contributed by atoms with E-state index < -0.39 is 0 Å². The Balaban J connectivity index is 3.31. The summed E-state index contributed by atoms with van der Waals surface area (Å²) < 4.78 is 16.6. The van der Waals surface area contributed by atoms with Crippen molar-refractivity contribution < 1.29 is 14.2 Å². The molecular formula is C13H28O3. The maximum absolute atomic E-state index is 5.59. The monoisotopic (exact) mass is 232 g/mol. The van der Waals surface area contributed by atoms with Gasteiger partial charge in [0.15, 0.2) is 0 Å². The number of ether oxygens (including phenoxy) is 3. The Morgan fingerprint density at radius 1 is 0.938 bits per heavy atom. The molecule has 0 aromatic rings. The molecule has 0 heterocycles. The van der Waals surface area contributed by atoms with Crippen LogP contribution in [0.15, 0.2) is 0 Å². The first-order chi connectivity index (χ1) is 7.31. The van der Waals surface area contributed by atoms with Crippen LogP contribution in [0.2, 0.25) is 0 Å². The van der Waals surface area contributed by atoms with Gasteiger partial charge in [0.2, 0.25) is 0 Å². The van der Waals surface area contributed by atoms with E-state index in [2.05, 4.69) is 13.8 Å². The predicted molar refractivity (Wildman–Crippen MR) is 66.8 cm³/mol. The molecule has 1 unspecified atom stereocenters. The smallest absolute Gasteiger partial charge is 0.0780 e. The summed E-state index contributed by atoms with van der Waals surface area (Å²) in [6.45, 7) is 15.2. The average molecular weight is 232 g/mol. The Labute approximate surface area is 100 Å². The molecule has 0 aromatic heterocycles. The van der Waals surface area contributed by atoms with E-state index in [0.29, 0.717) is 25.7 Å². The Kier molecular flexibility index (Phi) is 7.98. The van der Waals surface area contributed by atoms with Gasteiger partial charge in [0.1, 0.15) is 0 Å². The van der Waals surface area contributed by atoms with Crippen LogP contribution in [0, 0.1) is 5.92 Å². The molecule has 16 heavy (non-hydrogen) atoms. The Bertz CT molecular complexity index is 161. The highest BCUT2D eigenvalue weighted by atomic mass is 16.6. The number of hydrogen-bond acceptors (Lipinski definition) is 3. The predicted octanol–water partition coefficient (Wildman–Crippen LogP) is 2.88. The van der Waals surface area contributed by atoms with Crippen LogP contribution in [0.5, 0.6) is 0 Å². The topological polar surface area (TPSA) is 27.7 Å². The highest BCUT2D eigenvalue weighted by molar-refractivity contribution is 4.58. The van der Waals surface area contributed by atoms with Crippen molar-refractivity contribution in [2.45, 2.75) is 53.2 Å². The normalized spacial score (nSPS) is 14.4. The summed E-state index contributed by atoms with van der Waals surface area (Å²) in [5.41, 5.74) is -0.0802. The molecule has 0 N–H and O–H groups in total. The highest BCUT2D eigenvalue weighted by Crippen LogP contribution is 2.05. The molecule has 0 amide bonds. The van der Waals surface area contributed by atoms with E-state index >= 15 is 0 Å². The molecule has 0 aliphatic carbocycles. The lowest BCUT2D eigenvalue weighted by atomic mass is 10.2. The van der Waals surface area contributed by atoms with Gasteiger partial charge < -0.3 is 14.2 Å². The van der Waals surface area contributed by atoms with Crippen molar-refractivity contribution in [3.8, 4) is 0 Å². The summed E-state index contributed by atoms with van der Waals surface area (Å²) >= 11 is 0. The number of hydrogen-bond donors (Lipinski definition) is 0. The molecule has 0 aromatic carbocycles. The van der Waals surface area contributed by atoms with Crippen LogP contribution in [0.4, 0.5) is 0 Å². The fourth-order valence-electron chi connectivity index (χ4n) is 1.06. The Morgan fingerprint density at radius 2 is 1.56 bits per heavy atom. The summed E-state index contributed by atoms with van der Waals surface area (Å²) in [6, 6.07) is 0. The molecule has 0 fully saturated rings. The van der Waals surface area contributed by atoms with Crippen LogP contribution < -0.4 is 0 Å². The Morgan fingerprint density at radius 3 is 2.06 bits per heavy atom. The lowest BCUT2D eigenvalue weighted by molar-refractivity contribution is -0.0586. The van der Waals surface area contributed by atoms with Crippen molar-refractivity contribution in [2.24, 2.45) is 5.92 Å². The van der Waals surface area contributed by atoms with Crippen LogP contribution in [0.1, 0.15) is 41.5 Å². The second kappa shape index (κ2) is 8.04. The number of rotatable bonds is 8. The average Bonchev–Trinajstić information content (AvgIpc) is 2.12. The molecule has 1 atom stereocenters. The molecule has 0 spiro atoms. The molecule has 0 saturated carbocycles. The molecule has 0 rings (SSSR count). The van der Waals surface area contributed by atoms with Crippen molar-refractivity contribution in [3.05, 3.63) is 0 Å². The summed E-state index contributed by atoms with van der Waals surface area (Å²) in [6.07, 6.45) is 0.164. The van der Waals surface area contributed by atoms with Crippen LogP contribution in [0.25, 0.3) is 0 Å². The zero-order valence-electron chi connectivity index (χ0n) is 11.7. The molecule has 0 aliphatic rings. The van der Waals surface area contributed by atoms with Gasteiger partial charge in [0, 0.05) is 6.61 Å². The van der Waals surface area contributed by atoms with Crippen molar-refractivity contribution in [3.63, 3.8) is 0 Å². The second-order valence-electron chi connectivity index (χ2n) is 5.57. The van der Waals surface area contributed by atoms with Crippen LogP contribution >= 0.6 is 0 Å². The van der Waals surface area contributed by atoms with E-state index in [0.717, 1.165) is 6.61 Å². The second-order valence-corrected chi connectivity index (χ2v) is 5.57. The van der Waals surface area contributed by atoms with Gasteiger partial charge in [-0.05, 0) is 33.6 Å². The minimum atomic E-state index is -0.0802. The van der Waals surface area contributed by atoms with Crippen molar-refractivity contribution in [1.29, 1.82) is 0 Å². The van der Waals surface area contributed by atoms with E-state index in [1.807, 2.05) is 27.7 Å². The van der Waals surface area contributed by atoms with Crippen LogP contribution in [0.3, 0.4) is 0 Å². The van der Waals surface area contributed by atoms with Gasteiger partial charge in [-0.3, -0.25) is 0 Å². The summed E-state index contributed by atoms with van der Waals surface area (Å²) in [5.74, 6) is 0.576. The first-order valence-corrected chi connectivity index (χ1v) is 6.14. The van der Waals surface area contributed by atoms with Gasteiger partial charge in [0.25, 0.3) is 0 Å². The SMILES string of the molecule is CC(C)COC(C)COCCOC(C)(C)C. The van der Waals surface area contributed by atoms with Crippen molar-refractivity contribution in [2.75, 3.05) is 26.4 Å². The molecule has 98 valence electrons. The van der Waals surface area contributed by atoms with Gasteiger partial charge >= 0.3 is 0 Å². The first-order valence-electron chi connectivity index (χ1n) is 6.14. The molecule has 0 radical (unpaired) electrons. The lowest BCUT2D eigenvalue weighted by Crippen LogP contribution is -2.24. The minimum Gasteiger partial charge on any atom is -0.376 e. The summed E-state index contributed by atoms with van der Waals surface area (Å²) in [7, 11) is 0. The molecule has 0 saturated heterocycles. The zero-order valence-corrected chi connectivity index (χ0v) is 11.7. The van der Waals surface area contributed by atoms with Gasteiger partial charge in [-0.25, -0.2) is 0 Å². The van der Waals surface area contributed by atoms with Gasteiger partial charge in [-0.15, -0.1) is 0 Å². The van der Waals surface area contributed by atoms with E-state index in [4.69, 9.17) is 14.2 Å². The van der Waals surface area contributed by atoms with Gasteiger partial charge in [-0.2, -0.15) is 0 Å². The molecular weight excluding hydrogens is 204 g/mol. The largest absolute Gasteiger partial charge is 0.376 e. The molecule has 3 heteroatoms. The molecule has 0 bridgehead atoms. The van der Waals surface area contributed by atoms with Gasteiger partial charge in [0.05, 0.1) is 31.5 Å². The van der Waals surface area contributed by atoms with Crippen LogP contribution in [-0.4, -0.2) is 38.1 Å². The van der Waals surface area contributed by atoms with Crippen molar-refractivity contribution >= 4 is 0 Å². The fraction of sp³-hybridized carbons (Fsp3) is 1.00. The molecule has 3 nitrogen and oxygen atoms in total. The lowest BCUT2D eigenvalue weighted by Gasteiger charge is -2.20. The van der Waals surface area contributed by atoms with Crippen molar-refractivity contribution in [1.82, 2.24) is 0 Å². The van der Waals surface area contributed by atoms with E-state index in [-0.39, 0.29) is 11.7 Å². The maximum Gasteiger partial charge on any atom is 0.0780 e. The van der Waals surface area contributed by atoms with E-state index in [1.165, 1.54) is 0 Å². The highest BCUT2D eigenvalue weighted by Gasteiger charge is 2.09. The van der Waals surface area contributed by atoms with E-state index in [9.17, 15) is 0 Å². The minimum absolute atomic E-state index is 0.0802. The fourth-order valence-corrected chi connectivity index (χ4v) is 1.06. The molecule has 0 aliphatic heterocycles. The summed E-state index contributed by atoms with van der Waals surface area (Å²) in [5, 5.41) is 0. The van der Waals surface area contributed by atoms with Gasteiger partial charge in [-0.1, -0.05) is 13.8 Å². The third-order valence-electron chi connectivity index (χ3n) is 1.83. The van der Waals surface area contributed by atoms with Crippen LogP contribution in [-0.2, 0) is 14.2 Å². The quantitative estimate of drug-likeness (QED) is 0.602. The third-order valence-corrected chi connectivity index (χ3v) is 1.83. The Hall–Kier alpha value is -0.120.